The monoisotopic (exact) mass is 304 g/mol. The van der Waals surface area contributed by atoms with Gasteiger partial charge < -0.3 is 19.7 Å². The van der Waals surface area contributed by atoms with Gasteiger partial charge in [-0.05, 0) is 39.5 Å². The zero-order chi connectivity index (χ0) is 15.9. The van der Waals surface area contributed by atoms with Crippen LogP contribution in [0.5, 0.6) is 11.5 Å². The molecule has 6 heteroatoms. The minimum atomic E-state index is 0.672. The first kappa shape index (κ1) is 16.3. The van der Waals surface area contributed by atoms with E-state index in [0.29, 0.717) is 11.5 Å². The molecule has 1 heterocycles. The van der Waals surface area contributed by atoms with Gasteiger partial charge in [-0.1, -0.05) is 0 Å². The lowest BCUT2D eigenvalue weighted by Gasteiger charge is -2.12. The number of benzene rings is 1. The molecular formula is C16H24N4O2. The highest BCUT2D eigenvalue weighted by Crippen LogP contribution is 2.33. The predicted molar refractivity (Wildman–Crippen MR) is 88.9 cm³/mol. The first-order valence-electron chi connectivity index (χ1n) is 7.41. The van der Waals surface area contributed by atoms with Gasteiger partial charge in [0.1, 0.15) is 12.1 Å². The van der Waals surface area contributed by atoms with Crippen LogP contribution in [-0.2, 0) is 0 Å². The van der Waals surface area contributed by atoms with E-state index in [0.717, 1.165) is 42.7 Å². The van der Waals surface area contributed by atoms with Gasteiger partial charge in [0, 0.05) is 18.0 Å². The van der Waals surface area contributed by atoms with Gasteiger partial charge in [0.2, 0.25) is 0 Å². The van der Waals surface area contributed by atoms with Crippen molar-refractivity contribution in [2.24, 2.45) is 0 Å². The highest BCUT2D eigenvalue weighted by molar-refractivity contribution is 5.91. The van der Waals surface area contributed by atoms with Crippen molar-refractivity contribution in [3.63, 3.8) is 0 Å². The summed E-state index contributed by atoms with van der Waals surface area (Å²) in [7, 11) is 7.42. The van der Waals surface area contributed by atoms with E-state index in [-0.39, 0.29) is 0 Å². The second-order valence-corrected chi connectivity index (χ2v) is 5.38. The zero-order valence-electron chi connectivity index (χ0n) is 13.7. The minimum absolute atomic E-state index is 0.672. The molecule has 2 rings (SSSR count). The van der Waals surface area contributed by atoms with E-state index in [1.807, 2.05) is 12.1 Å². The van der Waals surface area contributed by atoms with Crippen molar-refractivity contribution < 1.29 is 9.47 Å². The third kappa shape index (κ3) is 3.98. The number of hydrogen-bond donors (Lipinski definition) is 1. The number of nitrogens with zero attached hydrogens (tertiary/aromatic N) is 3. The van der Waals surface area contributed by atoms with Gasteiger partial charge in [-0.25, -0.2) is 9.97 Å². The fourth-order valence-corrected chi connectivity index (χ4v) is 2.28. The van der Waals surface area contributed by atoms with Gasteiger partial charge >= 0.3 is 0 Å². The Morgan fingerprint density at radius 2 is 1.77 bits per heavy atom. The molecule has 0 radical (unpaired) electrons. The Kier molecular flexibility index (Phi) is 5.77. The number of ether oxygens (including phenoxy) is 2. The molecule has 1 aromatic heterocycles. The third-order valence-electron chi connectivity index (χ3n) is 3.47. The number of hydrogen-bond acceptors (Lipinski definition) is 6. The smallest absolute Gasteiger partial charge is 0.162 e. The van der Waals surface area contributed by atoms with Gasteiger partial charge in [0.25, 0.3) is 0 Å². The number of nitrogens with one attached hydrogen (secondary N) is 1. The molecule has 0 bridgehead atoms. The van der Waals surface area contributed by atoms with Crippen LogP contribution in [0, 0.1) is 0 Å². The van der Waals surface area contributed by atoms with Crippen molar-refractivity contribution in [3.05, 3.63) is 18.5 Å². The lowest BCUT2D eigenvalue weighted by Crippen LogP contribution is -2.14. The van der Waals surface area contributed by atoms with Gasteiger partial charge in [-0.3, -0.25) is 0 Å². The van der Waals surface area contributed by atoms with E-state index in [1.165, 1.54) is 0 Å². The molecule has 0 unspecified atom stereocenters. The van der Waals surface area contributed by atoms with Crippen LogP contribution in [0.15, 0.2) is 18.5 Å². The average molecular weight is 304 g/mol. The van der Waals surface area contributed by atoms with E-state index >= 15 is 0 Å². The highest BCUT2D eigenvalue weighted by Gasteiger charge is 2.10. The second-order valence-electron chi connectivity index (χ2n) is 5.38. The van der Waals surface area contributed by atoms with Gasteiger partial charge in [-0.15, -0.1) is 0 Å². The van der Waals surface area contributed by atoms with E-state index in [4.69, 9.17) is 9.47 Å². The normalized spacial score (nSPS) is 11.0. The van der Waals surface area contributed by atoms with E-state index in [1.54, 1.807) is 20.5 Å². The molecule has 6 nitrogen and oxygen atoms in total. The average Bonchev–Trinajstić information content (AvgIpc) is 2.53. The number of anilines is 1. The van der Waals surface area contributed by atoms with Gasteiger partial charge in [0.05, 0.1) is 19.7 Å². The molecule has 0 aliphatic carbocycles. The van der Waals surface area contributed by atoms with E-state index in [9.17, 15) is 0 Å². The summed E-state index contributed by atoms with van der Waals surface area (Å²) in [5, 5.41) is 4.32. The molecule has 0 saturated heterocycles. The highest BCUT2D eigenvalue weighted by atomic mass is 16.5. The van der Waals surface area contributed by atoms with Crippen molar-refractivity contribution in [3.8, 4) is 11.5 Å². The van der Waals surface area contributed by atoms with Crippen LogP contribution in [0.25, 0.3) is 10.9 Å². The van der Waals surface area contributed by atoms with Gasteiger partial charge in [-0.2, -0.15) is 0 Å². The fourth-order valence-electron chi connectivity index (χ4n) is 2.28. The largest absolute Gasteiger partial charge is 0.493 e. The molecule has 1 aromatic carbocycles. The number of methoxy groups -OCH3 is 2. The number of fused-ring (bicyclic) bond motifs is 1. The first-order chi connectivity index (χ1) is 10.7. The van der Waals surface area contributed by atoms with Crippen LogP contribution in [0.4, 0.5) is 5.82 Å². The van der Waals surface area contributed by atoms with E-state index < -0.39 is 0 Å². The second kappa shape index (κ2) is 7.79. The molecule has 1 N–H and O–H groups in total. The summed E-state index contributed by atoms with van der Waals surface area (Å²) in [6.07, 6.45) is 3.81. The van der Waals surface area contributed by atoms with Crippen LogP contribution in [0.1, 0.15) is 12.8 Å². The lowest BCUT2D eigenvalue weighted by molar-refractivity contribution is 0.356. The van der Waals surface area contributed by atoms with Gasteiger partial charge in [0.15, 0.2) is 11.5 Å². The summed E-state index contributed by atoms with van der Waals surface area (Å²) in [5.41, 5.74) is 0.837. The van der Waals surface area contributed by atoms with Crippen LogP contribution in [0.3, 0.4) is 0 Å². The number of aromatic nitrogens is 2. The maximum Gasteiger partial charge on any atom is 0.162 e. The molecule has 0 aliphatic rings. The van der Waals surface area contributed by atoms with Crippen LogP contribution < -0.4 is 14.8 Å². The van der Waals surface area contributed by atoms with Crippen LogP contribution >= 0.6 is 0 Å². The van der Waals surface area contributed by atoms with Crippen molar-refractivity contribution in [2.75, 3.05) is 46.7 Å². The predicted octanol–water partition coefficient (Wildman–Crippen LogP) is 2.40. The minimum Gasteiger partial charge on any atom is -0.493 e. The summed E-state index contributed by atoms with van der Waals surface area (Å²) < 4.78 is 10.7. The topological polar surface area (TPSA) is 59.5 Å². The summed E-state index contributed by atoms with van der Waals surface area (Å²) in [4.78, 5) is 10.8. The maximum absolute atomic E-state index is 5.35. The molecule has 0 saturated carbocycles. The van der Waals surface area contributed by atoms with Crippen molar-refractivity contribution >= 4 is 16.7 Å². The summed E-state index contributed by atoms with van der Waals surface area (Å²) >= 11 is 0. The summed E-state index contributed by atoms with van der Waals surface area (Å²) in [6, 6.07) is 3.78. The Bertz CT molecular complexity index is 616. The molecule has 0 amide bonds. The molecule has 120 valence electrons. The Labute approximate surface area is 131 Å². The Balaban J connectivity index is 2.12. The molecule has 0 atom stereocenters. The molecule has 0 spiro atoms. The molecular weight excluding hydrogens is 280 g/mol. The molecule has 22 heavy (non-hydrogen) atoms. The number of unbranched alkanes of at least 4 members (excludes halogenated alkanes) is 1. The summed E-state index contributed by atoms with van der Waals surface area (Å²) in [6.45, 7) is 1.98. The SMILES string of the molecule is COc1cc2ncnc(NCCCCN(C)C)c2cc1OC. The standard InChI is InChI=1S/C16H24N4O2/c1-20(2)8-6-5-7-17-16-12-9-14(21-3)15(22-4)10-13(12)18-11-19-16/h9-11H,5-8H2,1-4H3,(H,17,18,19). The molecule has 0 fully saturated rings. The quantitative estimate of drug-likeness (QED) is 0.756. The fraction of sp³-hybridized carbons (Fsp3) is 0.500. The zero-order valence-corrected chi connectivity index (χ0v) is 13.7. The Morgan fingerprint density at radius 3 is 2.45 bits per heavy atom. The molecule has 2 aromatic rings. The number of rotatable bonds is 8. The van der Waals surface area contributed by atoms with E-state index in [2.05, 4.69) is 34.3 Å². The Morgan fingerprint density at radius 1 is 1.05 bits per heavy atom. The molecule has 0 aliphatic heterocycles. The van der Waals surface area contributed by atoms with Crippen molar-refractivity contribution in [2.45, 2.75) is 12.8 Å². The van der Waals surface area contributed by atoms with Crippen molar-refractivity contribution in [1.82, 2.24) is 14.9 Å². The third-order valence-corrected chi connectivity index (χ3v) is 3.47. The van der Waals surface area contributed by atoms with Crippen LogP contribution in [-0.4, -0.2) is 56.3 Å². The van der Waals surface area contributed by atoms with Crippen molar-refractivity contribution in [1.29, 1.82) is 0 Å². The summed E-state index contributed by atoms with van der Waals surface area (Å²) in [5.74, 6) is 2.18. The first-order valence-corrected chi connectivity index (χ1v) is 7.41. The maximum atomic E-state index is 5.35. The van der Waals surface area contributed by atoms with Crippen LogP contribution in [0.2, 0.25) is 0 Å². The lowest BCUT2D eigenvalue weighted by atomic mass is 10.2. The Hall–Kier alpha value is -2.08.